The fourth-order valence-electron chi connectivity index (χ4n) is 1.69. The Labute approximate surface area is 103 Å². The summed E-state index contributed by atoms with van der Waals surface area (Å²) in [7, 11) is 1.92. The van der Waals surface area contributed by atoms with Gasteiger partial charge >= 0.3 is 5.97 Å². The molecule has 1 N–H and O–H groups in total. The molecule has 0 saturated carbocycles. The van der Waals surface area contributed by atoms with Gasteiger partial charge in [-0.3, -0.25) is 4.79 Å². The summed E-state index contributed by atoms with van der Waals surface area (Å²) in [4.78, 5) is 12.5. The van der Waals surface area contributed by atoms with Crippen LogP contribution in [-0.2, 0) is 11.2 Å². The Morgan fingerprint density at radius 2 is 1.94 bits per heavy atom. The molecule has 3 nitrogen and oxygen atoms in total. The highest BCUT2D eigenvalue weighted by Crippen LogP contribution is 2.15. The molecule has 0 aromatic heterocycles. The molecule has 17 heavy (non-hydrogen) atoms. The van der Waals surface area contributed by atoms with E-state index in [9.17, 15) is 4.79 Å². The number of hydrogen-bond acceptors (Lipinski definition) is 2. The van der Waals surface area contributed by atoms with E-state index in [-0.39, 0.29) is 6.42 Å². The molecule has 0 amide bonds. The van der Waals surface area contributed by atoms with Gasteiger partial charge in [-0.15, -0.1) is 0 Å². The highest BCUT2D eigenvalue weighted by Gasteiger charge is 2.03. The van der Waals surface area contributed by atoms with E-state index < -0.39 is 5.97 Å². The van der Waals surface area contributed by atoms with Crippen LogP contribution in [0.4, 0.5) is 5.69 Å². The molecule has 0 fully saturated rings. The van der Waals surface area contributed by atoms with Gasteiger partial charge in [-0.05, 0) is 30.5 Å². The summed E-state index contributed by atoms with van der Waals surface area (Å²) >= 11 is 0. The Balaban J connectivity index is 2.51. The number of carboxylic acids is 1. The van der Waals surface area contributed by atoms with Crippen LogP contribution in [0.3, 0.4) is 0 Å². The lowest BCUT2D eigenvalue weighted by atomic mass is 10.1. The van der Waals surface area contributed by atoms with Gasteiger partial charge in [0.25, 0.3) is 0 Å². The first-order valence-corrected chi connectivity index (χ1v) is 6.15. The van der Waals surface area contributed by atoms with Gasteiger partial charge in [0, 0.05) is 19.3 Å². The minimum Gasteiger partial charge on any atom is -0.481 e. The Morgan fingerprint density at radius 1 is 1.29 bits per heavy atom. The standard InChI is InChI=1S/C14H21NO2/c1-3-4-5-12-6-8-13(9-7-12)15(2)11-10-14(16)17/h6-9H,3-5,10-11H2,1-2H3,(H,16,17). The molecule has 0 atom stereocenters. The molecule has 94 valence electrons. The molecule has 1 aromatic rings. The van der Waals surface area contributed by atoms with E-state index >= 15 is 0 Å². The highest BCUT2D eigenvalue weighted by molar-refractivity contribution is 5.67. The van der Waals surface area contributed by atoms with E-state index in [4.69, 9.17) is 5.11 Å². The quantitative estimate of drug-likeness (QED) is 0.790. The molecule has 0 aliphatic rings. The zero-order valence-electron chi connectivity index (χ0n) is 10.6. The number of anilines is 1. The second-order valence-corrected chi connectivity index (χ2v) is 4.34. The first-order chi connectivity index (χ1) is 8.13. The normalized spacial score (nSPS) is 10.2. The van der Waals surface area contributed by atoms with Gasteiger partial charge in [0.15, 0.2) is 0 Å². The number of unbranched alkanes of at least 4 members (excludes halogenated alkanes) is 1. The Kier molecular flexibility index (Phi) is 5.53. The van der Waals surface area contributed by atoms with Crippen LogP contribution in [0.1, 0.15) is 31.7 Å². The van der Waals surface area contributed by atoms with Crippen LogP contribution in [0.5, 0.6) is 0 Å². The van der Waals surface area contributed by atoms with Crippen molar-refractivity contribution in [1.82, 2.24) is 0 Å². The number of hydrogen-bond donors (Lipinski definition) is 1. The summed E-state index contributed by atoms with van der Waals surface area (Å²) in [5.74, 6) is -0.753. The number of carboxylic acid groups (broad SMARTS) is 1. The third-order valence-corrected chi connectivity index (χ3v) is 2.86. The van der Waals surface area contributed by atoms with Crippen molar-refractivity contribution in [2.75, 3.05) is 18.5 Å². The van der Waals surface area contributed by atoms with Crippen molar-refractivity contribution in [3.63, 3.8) is 0 Å². The average molecular weight is 235 g/mol. The summed E-state index contributed by atoms with van der Waals surface area (Å²) in [6.07, 6.45) is 3.72. The Bertz CT molecular complexity index is 346. The van der Waals surface area contributed by atoms with E-state index in [0.29, 0.717) is 6.54 Å². The summed E-state index contributed by atoms with van der Waals surface area (Å²) < 4.78 is 0. The van der Waals surface area contributed by atoms with Crippen molar-refractivity contribution in [1.29, 1.82) is 0 Å². The third-order valence-electron chi connectivity index (χ3n) is 2.86. The molecule has 0 radical (unpaired) electrons. The Hall–Kier alpha value is -1.51. The van der Waals surface area contributed by atoms with Crippen LogP contribution < -0.4 is 4.90 Å². The molecular formula is C14H21NO2. The van der Waals surface area contributed by atoms with Gasteiger partial charge in [0.1, 0.15) is 0 Å². The number of nitrogens with zero attached hydrogens (tertiary/aromatic N) is 1. The fourth-order valence-corrected chi connectivity index (χ4v) is 1.69. The van der Waals surface area contributed by atoms with E-state index in [0.717, 1.165) is 12.1 Å². The van der Waals surface area contributed by atoms with Crippen LogP contribution in [0, 0.1) is 0 Å². The maximum Gasteiger partial charge on any atom is 0.305 e. The van der Waals surface area contributed by atoms with Crippen molar-refractivity contribution in [3.05, 3.63) is 29.8 Å². The van der Waals surface area contributed by atoms with Crippen LogP contribution in [-0.4, -0.2) is 24.7 Å². The van der Waals surface area contributed by atoms with Gasteiger partial charge in [0.2, 0.25) is 0 Å². The zero-order valence-corrected chi connectivity index (χ0v) is 10.6. The maximum atomic E-state index is 10.5. The minimum atomic E-state index is -0.753. The maximum absolute atomic E-state index is 10.5. The lowest BCUT2D eigenvalue weighted by Crippen LogP contribution is -2.20. The lowest BCUT2D eigenvalue weighted by Gasteiger charge is -2.18. The van der Waals surface area contributed by atoms with Gasteiger partial charge in [-0.1, -0.05) is 25.5 Å². The number of rotatable bonds is 7. The molecule has 0 saturated heterocycles. The van der Waals surface area contributed by atoms with Gasteiger partial charge < -0.3 is 10.0 Å². The van der Waals surface area contributed by atoms with Crippen molar-refractivity contribution >= 4 is 11.7 Å². The molecule has 0 heterocycles. The van der Waals surface area contributed by atoms with Crippen molar-refractivity contribution in [2.24, 2.45) is 0 Å². The molecule has 0 aliphatic carbocycles. The topological polar surface area (TPSA) is 40.5 Å². The summed E-state index contributed by atoms with van der Waals surface area (Å²) in [6.45, 7) is 2.73. The molecule has 0 spiro atoms. The SMILES string of the molecule is CCCCc1ccc(N(C)CCC(=O)O)cc1. The van der Waals surface area contributed by atoms with Crippen LogP contribution in [0.25, 0.3) is 0 Å². The van der Waals surface area contributed by atoms with Crippen molar-refractivity contribution < 1.29 is 9.90 Å². The van der Waals surface area contributed by atoms with Crippen LogP contribution >= 0.6 is 0 Å². The van der Waals surface area contributed by atoms with E-state index in [2.05, 4.69) is 31.2 Å². The fraction of sp³-hybridized carbons (Fsp3) is 0.500. The molecule has 0 aliphatic heterocycles. The summed E-state index contributed by atoms with van der Waals surface area (Å²) in [5.41, 5.74) is 2.42. The highest BCUT2D eigenvalue weighted by atomic mass is 16.4. The van der Waals surface area contributed by atoms with Gasteiger partial charge in [-0.2, -0.15) is 0 Å². The molecule has 3 heteroatoms. The largest absolute Gasteiger partial charge is 0.481 e. The number of aliphatic carboxylic acids is 1. The number of carbonyl (C=O) groups is 1. The first kappa shape index (κ1) is 13.6. The summed E-state index contributed by atoms with van der Waals surface area (Å²) in [6, 6.07) is 8.38. The number of aryl methyl sites for hydroxylation is 1. The summed E-state index contributed by atoms with van der Waals surface area (Å²) in [5, 5.41) is 8.62. The van der Waals surface area contributed by atoms with Crippen molar-refractivity contribution in [3.8, 4) is 0 Å². The van der Waals surface area contributed by atoms with E-state index in [1.165, 1.54) is 18.4 Å². The molecule has 1 rings (SSSR count). The zero-order chi connectivity index (χ0) is 12.7. The van der Waals surface area contributed by atoms with Gasteiger partial charge in [0.05, 0.1) is 6.42 Å². The molecular weight excluding hydrogens is 214 g/mol. The van der Waals surface area contributed by atoms with Gasteiger partial charge in [-0.25, -0.2) is 0 Å². The second kappa shape index (κ2) is 6.94. The smallest absolute Gasteiger partial charge is 0.305 e. The van der Waals surface area contributed by atoms with Crippen molar-refractivity contribution in [2.45, 2.75) is 32.6 Å². The minimum absolute atomic E-state index is 0.175. The lowest BCUT2D eigenvalue weighted by molar-refractivity contribution is -0.136. The average Bonchev–Trinajstić information content (AvgIpc) is 2.34. The van der Waals surface area contributed by atoms with Crippen LogP contribution in [0.15, 0.2) is 24.3 Å². The number of benzene rings is 1. The Morgan fingerprint density at radius 3 is 2.47 bits per heavy atom. The van der Waals surface area contributed by atoms with E-state index in [1.807, 2.05) is 11.9 Å². The monoisotopic (exact) mass is 235 g/mol. The molecule has 1 aromatic carbocycles. The predicted molar refractivity (Wildman–Crippen MR) is 70.6 cm³/mol. The van der Waals surface area contributed by atoms with Crippen LogP contribution in [0.2, 0.25) is 0 Å². The second-order valence-electron chi connectivity index (χ2n) is 4.34. The third kappa shape index (κ3) is 4.89. The molecule has 0 bridgehead atoms. The molecule has 0 unspecified atom stereocenters. The predicted octanol–water partition coefficient (Wildman–Crippen LogP) is 2.94. The van der Waals surface area contributed by atoms with E-state index in [1.54, 1.807) is 0 Å². The first-order valence-electron chi connectivity index (χ1n) is 6.15.